The van der Waals surface area contributed by atoms with Crippen LogP contribution in [-0.4, -0.2) is 19.0 Å². The van der Waals surface area contributed by atoms with Crippen LogP contribution in [-0.2, 0) is 9.47 Å². The highest BCUT2D eigenvalue weighted by Crippen LogP contribution is 2.51. The first-order chi connectivity index (χ1) is 6.60. The van der Waals surface area contributed by atoms with Crippen LogP contribution in [0.25, 0.3) is 0 Å². The van der Waals surface area contributed by atoms with Gasteiger partial charge >= 0.3 is 0 Å². The molecule has 1 saturated carbocycles. The molecule has 0 N–H and O–H groups in total. The summed E-state index contributed by atoms with van der Waals surface area (Å²) in [6.07, 6.45) is 4.88. The third-order valence-corrected chi connectivity index (χ3v) is 4.04. The molecule has 1 saturated heterocycles. The molecule has 1 spiro atoms. The van der Waals surface area contributed by atoms with Crippen molar-refractivity contribution >= 4 is 0 Å². The summed E-state index contributed by atoms with van der Waals surface area (Å²) in [5.74, 6) is 0.613. The van der Waals surface area contributed by atoms with Crippen LogP contribution in [0.5, 0.6) is 0 Å². The van der Waals surface area contributed by atoms with Crippen LogP contribution in [0.4, 0.5) is 0 Å². The van der Waals surface area contributed by atoms with Gasteiger partial charge in [0, 0.05) is 11.8 Å². The Balaban J connectivity index is 2.13. The van der Waals surface area contributed by atoms with Gasteiger partial charge in [0.25, 0.3) is 0 Å². The van der Waals surface area contributed by atoms with Gasteiger partial charge in [-0.3, -0.25) is 0 Å². The molecular formula is C12H22O2. The molecule has 1 heterocycles. The summed E-state index contributed by atoms with van der Waals surface area (Å²) < 4.78 is 11.7. The van der Waals surface area contributed by atoms with E-state index in [2.05, 4.69) is 20.8 Å². The smallest absolute Gasteiger partial charge is 0.173 e. The Morgan fingerprint density at radius 1 is 1.21 bits per heavy atom. The summed E-state index contributed by atoms with van der Waals surface area (Å²) >= 11 is 0. The second kappa shape index (κ2) is 3.49. The van der Waals surface area contributed by atoms with E-state index in [0.717, 1.165) is 25.6 Å². The first-order valence-electron chi connectivity index (χ1n) is 5.87. The summed E-state index contributed by atoms with van der Waals surface area (Å²) in [5.41, 5.74) is 0.183. The maximum Gasteiger partial charge on any atom is 0.173 e. The monoisotopic (exact) mass is 198 g/mol. The average molecular weight is 198 g/mol. The molecule has 0 bridgehead atoms. The molecule has 1 atom stereocenters. The van der Waals surface area contributed by atoms with Gasteiger partial charge in [-0.25, -0.2) is 0 Å². The lowest BCUT2D eigenvalue weighted by molar-refractivity contribution is -0.252. The highest BCUT2D eigenvalue weighted by Gasteiger charge is 2.53. The summed E-state index contributed by atoms with van der Waals surface area (Å²) in [5, 5.41) is 0. The van der Waals surface area contributed by atoms with Crippen LogP contribution in [0.15, 0.2) is 0 Å². The van der Waals surface area contributed by atoms with Gasteiger partial charge in [0.2, 0.25) is 0 Å². The maximum absolute atomic E-state index is 5.87. The first-order valence-corrected chi connectivity index (χ1v) is 5.87. The molecule has 0 radical (unpaired) electrons. The zero-order valence-corrected chi connectivity index (χ0v) is 9.64. The van der Waals surface area contributed by atoms with Crippen molar-refractivity contribution in [2.24, 2.45) is 11.3 Å². The number of hydrogen-bond acceptors (Lipinski definition) is 2. The first kappa shape index (κ1) is 10.4. The summed E-state index contributed by atoms with van der Waals surface area (Å²) in [6.45, 7) is 8.43. The Labute approximate surface area is 87.0 Å². The highest BCUT2D eigenvalue weighted by molar-refractivity contribution is 4.95. The fraction of sp³-hybridized carbons (Fsp3) is 1.00. The molecule has 2 heteroatoms. The minimum absolute atomic E-state index is 0.183. The van der Waals surface area contributed by atoms with E-state index in [4.69, 9.17) is 9.47 Å². The lowest BCUT2D eigenvalue weighted by Crippen LogP contribution is -2.50. The van der Waals surface area contributed by atoms with Crippen molar-refractivity contribution in [1.29, 1.82) is 0 Å². The minimum Gasteiger partial charge on any atom is -0.347 e. The van der Waals surface area contributed by atoms with Gasteiger partial charge in [0.15, 0.2) is 5.79 Å². The lowest BCUT2D eigenvalue weighted by atomic mass is 9.67. The van der Waals surface area contributed by atoms with Crippen LogP contribution in [0.2, 0.25) is 0 Å². The van der Waals surface area contributed by atoms with Gasteiger partial charge in [0.1, 0.15) is 0 Å². The molecule has 82 valence electrons. The molecule has 14 heavy (non-hydrogen) atoms. The summed E-state index contributed by atoms with van der Waals surface area (Å²) in [7, 11) is 0. The Hall–Kier alpha value is -0.0800. The highest BCUT2D eigenvalue weighted by atomic mass is 16.7. The largest absolute Gasteiger partial charge is 0.347 e. The fourth-order valence-corrected chi connectivity index (χ4v) is 3.05. The van der Waals surface area contributed by atoms with Crippen LogP contribution in [0, 0.1) is 11.3 Å². The topological polar surface area (TPSA) is 18.5 Å². The molecule has 0 amide bonds. The SMILES string of the molecule is CCC1CCC2(OCCO2)C(C)(C)C1. The third-order valence-electron chi connectivity index (χ3n) is 4.04. The van der Waals surface area contributed by atoms with Crippen molar-refractivity contribution in [2.45, 2.75) is 52.2 Å². The summed E-state index contributed by atoms with van der Waals surface area (Å²) in [6, 6.07) is 0. The van der Waals surface area contributed by atoms with Crippen LogP contribution in [0.3, 0.4) is 0 Å². The van der Waals surface area contributed by atoms with E-state index < -0.39 is 0 Å². The van der Waals surface area contributed by atoms with Crippen molar-refractivity contribution in [3.8, 4) is 0 Å². The number of rotatable bonds is 1. The van der Waals surface area contributed by atoms with Gasteiger partial charge < -0.3 is 9.47 Å². The van der Waals surface area contributed by atoms with Gasteiger partial charge in [-0.05, 0) is 18.8 Å². The molecule has 1 unspecified atom stereocenters. The molecule has 2 rings (SSSR count). The molecule has 1 aliphatic carbocycles. The second-order valence-corrected chi connectivity index (χ2v) is 5.35. The average Bonchev–Trinajstić information content (AvgIpc) is 2.60. The quantitative estimate of drug-likeness (QED) is 0.645. The van der Waals surface area contributed by atoms with E-state index in [1.54, 1.807) is 0 Å². The standard InChI is InChI=1S/C12H22O2/c1-4-10-5-6-12(11(2,3)9-10)13-7-8-14-12/h10H,4-9H2,1-3H3. The van der Waals surface area contributed by atoms with Crippen molar-refractivity contribution in [3.05, 3.63) is 0 Å². The van der Waals surface area contributed by atoms with E-state index in [9.17, 15) is 0 Å². The van der Waals surface area contributed by atoms with E-state index in [-0.39, 0.29) is 11.2 Å². The third kappa shape index (κ3) is 1.49. The van der Waals surface area contributed by atoms with E-state index in [0.29, 0.717) is 0 Å². The van der Waals surface area contributed by atoms with Crippen molar-refractivity contribution in [2.75, 3.05) is 13.2 Å². The van der Waals surface area contributed by atoms with Crippen LogP contribution in [0.1, 0.15) is 46.5 Å². The van der Waals surface area contributed by atoms with Gasteiger partial charge in [-0.2, -0.15) is 0 Å². The zero-order valence-electron chi connectivity index (χ0n) is 9.64. The Bertz CT molecular complexity index is 204. The van der Waals surface area contributed by atoms with Gasteiger partial charge in [-0.1, -0.05) is 27.2 Å². The molecule has 0 aromatic carbocycles. The van der Waals surface area contributed by atoms with Gasteiger partial charge in [-0.15, -0.1) is 0 Å². The summed E-state index contributed by atoms with van der Waals surface area (Å²) in [4.78, 5) is 0. The molecule has 2 nitrogen and oxygen atoms in total. The lowest BCUT2D eigenvalue weighted by Gasteiger charge is -2.48. The molecule has 2 aliphatic rings. The fourth-order valence-electron chi connectivity index (χ4n) is 3.05. The minimum atomic E-state index is -0.251. The van der Waals surface area contributed by atoms with Crippen LogP contribution >= 0.6 is 0 Å². The maximum atomic E-state index is 5.87. The number of ether oxygens (including phenoxy) is 2. The normalized spacial score (nSPS) is 34.9. The van der Waals surface area contributed by atoms with E-state index in [1.165, 1.54) is 19.3 Å². The molecule has 0 aromatic heterocycles. The van der Waals surface area contributed by atoms with Crippen molar-refractivity contribution in [1.82, 2.24) is 0 Å². The molecule has 2 fully saturated rings. The van der Waals surface area contributed by atoms with Gasteiger partial charge in [0.05, 0.1) is 13.2 Å². The molecule has 0 aromatic rings. The zero-order chi connectivity index (χ0) is 10.2. The number of hydrogen-bond donors (Lipinski definition) is 0. The predicted molar refractivity (Wildman–Crippen MR) is 56.0 cm³/mol. The molecular weight excluding hydrogens is 176 g/mol. The van der Waals surface area contributed by atoms with Crippen molar-refractivity contribution < 1.29 is 9.47 Å². The predicted octanol–water partition coefficient (Wildman–Crippen LogP) is 2.97. The molecule has 1 aliphatic heterocycles. The Kier molecular flexibility index (Phi) is 2.61. The second-order valence-electron chi connectivity index (χ2n) is 5.35. The van der Waals surface area contributed by atoms with Crippen molar-refractivity contribution in [3.63, 3.8) is 0 Å². The van der Waals surface area contributed by atoms with Crippen LogP contribution < -0.4 is 0 Å². The van der Waals surface area contributed by atoms with E-state index in [1.807, 2.05) is 0 Å². The van der Waals surface area contributed by atoms with E-state index >= 15 is 0 Å². The Morgan fingerprint density at radius 3 is 2.36 bits per heavy atom. The Morgan fingerprint density at radius 2 is 1.86 bits per heavy atom.